The topological polar surface area (TPSA) is 103 Å². The average Bonchev–Trinajstić information content (AvgIpc) is 3.06. The summed E-state index contributed by atoms with van der Waals surface area (Å²) in [5, 5.41) is 2.68. The number of benzene rings is 3. The van der Waals surface area contributed by atoms with Gasteiger partial charge in [0.05, 0.1) is 28.7 Å². The molecule has 0 aliphatic rings. The van der Waals surface area contributed by atoms with Crippen molar-refractivity contribution < 1.29 is 22.3 Å². The van der Waals surface area contributed by atoms with Gasteiger partial charge in [0.25, 0.3) is 10.0 Å². The molecule has 4 aromatic rings. The van der Waals surface area contributed by atoms with Crippen LogP contribution in [0, 0.1) is 5.82 Å². The standard InChI is InChI=1S/C24H23FN4O5S/c1-27-21-13-6-17(14-22(21)28(2)24(27)31)26-23(30)15-29(18-7-4-16(25)5-8-18)35(32,33)20-11-9-19(34-3)10-12-20/h4-14H,15H2,1-3H3,(H,26,30). The van der Waals surface area contributed by atoms with Gasteiger partial charge in [-0.1, -0.05) is 0 Å². The molecule has 1 aromatic heterocycles. The second kappa shape index (κ2) is 9.26. The summed E-state index contributed by atoms with van der Waals surface area (Å²) in [5.41, 5.74) is 1.60. The van der Waals surface area contributed by atoms with E-state index >= 15 is 0 Å². The van der Waals surface area contributed by atoms with Crippen LogP contribution < -0.4 is 20.0 Å². The first kappa shape index (κ1) is 24.0. The van der Waals surface area contributed by atoms with E-state index < -0.39 is 28.3 Å². The Hall–Kier alpha value is -4.12. The Balaban J connectivity index is 1.66. The maximum Gasteiger partial charge on any atom is 0.328 e. The summed E-state index contributed by atoms with van der Waals surface area (Å²) >= 11 is 0. The first-order valence-corrected chi connectivity index (χ1v) is 11.9. The van der Waals surface area contributed by atoms with Crippen molar-refractivity contribution in [3.05, 3.63) is 83.0 Å². The summed E-state index contributed by atoms with van der Waals surface area (Å²) in [7, 11) is 0.550. The zero-order chi connectivity index (χ0) is 25.3. The van der Waals surface area contributed by atoms with E-state index in [1.54, 1.807) is 32.3 Å². The fourth-order valence-corrected chi connectivity index (χ4v) is 5.13. The van der Waals surface area contributed by atoms with Gasteiger partial charge < -0.3 is 10.1 Å². The highest BCUT2D eigenvalue weighted by Gasteiger charge is 2.27. The molecule has 182 valence electrons. The van der Waals surface area contributed by atoms with Crippen LogP contribution in [0.1, 0.15) is 0 Å². The molecular weight excluding hydrogens is 475 g/mol. The molecule has 11 heteroatoms. The quantitative estimate of drug-likeness (QED) is 0.422. The summed E-state index contributed by atoms with van der Waals surface area (Å²) in [6, 6.07) is 15.5. The lowest BCUT2D eigenvalue weighted by molar-refractivity contribution is -0.114. The third-order valence-electron chi connectivity index (χ3n) is 5.60. The SMILES string of the molecule is COc1ccc(S(=O)(=O)N(CC(=O)Nc2ccc3c(c2)n(C)c(=O)n3C)c2ccc(F)cc2)cc1. The van der Waals surface area contributed by atoms with Gasteiger partial charge in [-0.05, 0) is 66.7 Å². The van der Waals surface area contributed by atoms with Gasteiger partial charge in [-0.25, -0.2) is 17.6 Å². The lowest BCUT2D eigenvalue weighted by atomic mass is 10.2. The van der Waals surface area contributed by atoms with Gasteiger partial charge in [-0.2, -0.15) is 0 Å². The van der Waals surface area contributed by atoms with E-state index in [2.05, 4.69) is 5.32 Å². The van der Waals surface area contributed by atoms with E-state index in [0.717, 1.165) is 16.4 Å². The first-order valence-electron chi connectivity index (χ1n) is 10.5. The number of anilines is 2. The Labute approximate surface area is 201 Å². The number of imidazole rings is 1. The molecule has 1 amide bonds. The lowest BCUT2D eigenvalue weighted by Gasteiger charge is -2.24. The van der Waals surface area contributed by atoms with Gasteiger partial charge in [0.15, 0.2) is 0 Å². The molecule has 4 rings (SSSR count). The van der Waals surface area contributed by atoms with E-state index in [1.807, 2.05) is 0 Å². The number of carbonyl (C=O) groups is 1. The highest BCUT2D eigenvalue weighted by atomic mass is 32.2. The second-order valence-corrected chi connectivity index (χ2v) is 9.68. The van der Waals surface area contributed by atoms with Gasteiger partial charge in [-0.15, -0.1) is 0 Å². The van der Waals surface area contributed by atoms with Crippen molar-refractivity contribution in [1.29, 1.82) is 0 Å². The number of sulfonamides is 1. The molecule has 1 heterocycles. The Morgan fingerprint density at radius 1 is 0.971 bits per heavy atom. The normalized spacial score (nSPS) is 11.4. The fraction of sp³-hybridized carbons (Fsp3) is 0.167. The zero-order valence-electron chi connectivity index (χ0n) is 19.2. The van der Waals surface area contributed by atoms with Crippen molar-refractivity contribution in [1.82, 2.24) is 9.13 Å². The molecule has 1 N–H and O–H groups in total. The van der Waals surface area contributed by atoms with Crippen LogP contribution in [-0.2, 0) is 28.9 Å². The largest absolute Gasteiger partial charge is 0.497 e. The number of nitrogens with zero attached hydrogens (tertiary/aromatic N) is 3. The van der Waals surface area contributed by atoms with Crippen molar-refractivity contribution in [3.8, 4) is 5.75 Å². The maximum atomic E-state index is 13.5. The highest BCUT2D eigenvalue weighted by molar-refractivity contribution is 7.92. The monoisotopic (exact) mass is 498 g/mol. The smallest absolute Gasteiger partial charge is 0.328 e. The number of carbonyl (C=O) groups excluding carboxylic acids is 1. The third kappa shape index (κ3) is 4.62. The third-order valence-corrected chi connectivity index (χ3v) is 7.39. The molecule has 0 spiro atoms. The number of aromatic nitrogens is 2. The summed E-state index contributed by atoms with van der Waals surface area (Å²) < 4.78 is 49.3. The highest BCUT2D eigenvalue weighted by Crippen LogP contribution is 2.26. The molecule has 0 aliphatic heterocycles. The number of rotatable bonds is 7. The molecule has 35 heavy (non-hydrogen) atoms. The number of nitrogens with one attached hydrogen (secondary N) is 1. The predicted molar refractivity (Wildman–Crippen MR) is 131 cm³/mol. The number of aryl methyl sites for hydroxylation is 2. The fourth-order valence-electron chi connectivity index (χ4n) is 3.71. The van der Waals surface area contributed by atoms with E-state index in [1.165, 1.54) is 52.6 Å². The number of ether oxygens (including phenoxy) is 1. The number of halogens is 1. The minimum atomic E-state index is -4.18. The molecule has 3 aromatic carbocycles. The second-order valence-electron chi connectivity index (χ2n) is 7.82. The minimum absolute atomic E-state index is 0.0591. The number of methoxy groups -OCH3 is 1. The van der Waals surface area contributed by atoms with Crippen LogP contribution in [0.5, 0.6) is 5.75 Å². The molecular formula is C24H23FN4O5S. The molecule has 0 radical (unpaired) electrons. The molecule has 9 nitrogen and oxygen atoms in total. The van der Waals surface area contributed by atoms with Crippen LogP contribution >= 0.6 is 0 Å². The zero-order valence-corrected chi connectivity index (χ0v) is 20.0. The summed E-state index contributed by atoms with van der Waals surface area (Å²) in [6.45, 7) is -0.564. The summed E-state index contributed by atoms with van der Waals surface area (Å²) in [6.07, 6.45) is 0. The van der Waals surface area contributed by atoms with Gasteiger partial charge >= 0.3 is 5.69 Å². The van der Waals surface area contributed by atoms with Crippen molar-refractivity contribution in [2.75, 3.05) is 23.3 Å². The Morgan fingerprint density at radius 3 is 2.23 bits per heavy atom. The van der Waals surface area contributed by atoms with E-state index in [9.17, 15) is 22.4 Å². The van der Waals surface area contributed by atoms with Gasteiger partial charge in [0.2, 0.25) is 5.91 Å². The van der Waals surface area contributed by atoms with Gasteiger partial charge in [0.1, 0.15) is 18.1 Å². The number of amides is 1. The Bertz CT molecular complexity index is 1560. The van der Waals surface area contributed by atoms with Gasteiger partial charge in [-0.3, -0.25) is 18.2 Å². The molecule has 0 atom stereocenters. The van der Waals surface area contributed by atoms with Crippen LogP contribution in [0.15, 0.2) is 76.4 Å². The van der Waals surface area contributed by atoms with Crippen LogP contribution in [0.25, 0.3) is 11.0 Å². The van der Waals surface area contributed by atoms with Gasteiger partial charge in [0, 0.05) is 19.8 Å². The molecule has 0 saturated carbocycles. The van der Waals surface area contributed by atoms with Crippen LogP contribution in [-0.4, -0.2) is 37.1 Å². The van der Waals surface area contributed by atoms with Crippen LogP contribution in [0.4, 0.5) is 15.8 Å². The van der Waals surface area contributed by atoms with E-state index in [0.29, 0.717) is 22.5 Å². The number of fused-ring (bicyclic) bond motifs is 1. The molecule has 0 bridgehead atoms. The van der Waals surface area contributed by atoms with Crippen molar-refractivity contribution in [2.24, 2.45) is 14.1 Å². The van der Waals surface area contributed by atoms with E-state index in [4.69, 9.17) is 4.74 Å². The average molecular weight is 499 g/mol. The molecule has 0 saturated heterocycles. The molecule has 0 unspecified atom stereocenters. The van der Waals surface area contributed by atoms with Crippen molar-refractivity contribution in [2.45, 2.75) is 4.90 Å². The lowest BCUT2D eigenvalue weighted by Crippen LogP contribution is -2.38. The minimum Gasteiger partial charge on any atom is -0.497 e. The Kier molecular flexibility index (Phi) is 6.35. The van der Waals surface area contributed by atoms with Crippen molar-refractivity contribution in [3.63, 3.8) is 0 Å². The maximum absolute atomic E-state index is 13.5. The van der Waals surface area contributed by atoms with Crippen molar-refractivity contribution >= 4 is 38.3 Å². The predicted octanol–water partition coefficient (Wildman–Crippen LogP) is 2.86. The van der Waals surface area contributed by atoms with Crippen LogP contribution in [0.2, 0.25) is 0 Å². The molecule has 0 aliphatic carbocycles. The Morgan fingerprint density at radius 2 is 1.60 bits per heavy atom. The summed E-state index contributed by atoms with van der Waals surface area (Å²) in [4.78, 5) is 25.1. The first-order chi connectivity index (χ1) is 16.6. The van der Waals surface area contributed by atoms with Crippen LogP contribution in [0.3, 0.4) is 0 Å². The number of hydrogen-bond acceptors (Lipinski definition) is 5. The van der Waals surface area contributed by atoms with E-state index in [-0.39, 0.29) is 16.3 Å². The molecule has 0 fully saturated rings. The summed E-state index contributed by atoms with van der Waals surface area (Å²) in [5.74, 6) is -0.686. The number of hydrogen-bond donors (Lipinski definition) is 1.